The van der Waals surface area contributed by atoms with E-state index < -0.39 is 7.26 Å². The highest BCUT2D eigenvalue weighted by atomic mass is 31.2. The summed E-state index contributed by atoms with van der Waals surface area (Å²) >= 11 is 0. The molecule has 0 saturated carbocycles. The Balaban J connectivity index is 1.61. The fraction of sp³-hybridized carbons (Fsp3) is 0.158. The highest BCUT2D eigenvalue weighted by Crippen LogP contribution is 2.55. The molecule has 4 aromatic carbocycles. The lowest BCUT2D eigenvalue weighted by atomic mass is 9.98. The van der Waals surface area contributed by atoms with Crippen molar-refractivity contribution in [1.82, 2.24) is 0 Å². The molecule has 196 valence electrons. The van der Waals surface area contributed by atoms with E-state index in [0.717, 1.165) is 6.16 Å². The molecule has 0 bridgehead atoms. The van der Waals surface area contributed by atoms with Crippen LogP contribution < -0.4 is 15.9 Å². The summed E-state index contributed by atoms with van der Waals surface area (Å²) in [6.07, 6.45) is 14.4. The van der Waals surface area contributed by atoms with Crippen molar-refractivity contribution in [3.8, 4) is 0 Å². The van der Waals surface area contributed by atoms with Crippen LogP contribution in [0.2, 0.25) is 0 Å². The van der Waals surface area contributed by atoms with E-state index in [1.165, 1.54) is 49.3 Å². The number of aryl methyl sites for hydroxylation is 1. The highest BCUT2D eigenvalue weighted by Gasteiger charge is 2.44. The van der Waals surface area contributed by atoms with Crippen LogP contribution in [0.1, 0.15) is 36.1 Å². The topological polar surface area (TPSA) is 0 Å². The summed E-state index contributed by atoms with van der Waals surface area (Å²) in [7, 11) is -1.85. The Morgan fingerprint density at radius 2 is 1.10 bits per heavy atom. The van der Waals surface area contributed by atoms with Crippen LogP contribution in [0.4, 0.5) is 0 Å². The lowest BCUT2D eigenvalue weighted by Crippen LogP contribution is -2.33. The molecular formula is C38H40P+. The van der Waals surface area contributed by atoms with Crippen LogP contribution in [0.5, 0.6) is 0 Å². The number of rotatable bonds is 9. The van der Waals surface area contributed by atoms with Crippen molar-refractivity contribution in [2.24, 2.45) is 0 Å². The van der Waals surface area contributed by atoms with Crippen LogP contribution in [0.15, 0.2) is 145 Å². The first kappa shape index (κ1) is 28.3. The normalized spacial score (nSPS) is 12.9. The third kappa shape index (κ3) is 6.83. The minimum absolute atomic E-state index is 0.982. The third-order valence-corrected chi connectivity index (χ3v) is 11.9. The van der Waals surface area contributed by atoms with E-state index in [4.69, 9.17) is 0 Å². The summed E-state index contributed by atoms with van der Waals surface area (Å²) < 4.78 is 0. The van der Waals surface area contributed by atoms with E-state index in [-0.39, 0.29) is 0 Å². The molecular weight excluding hydrogens is 487 g/mol. The van der Waals surface area contributed by atoms with E-state index in [1.54, 1.807) is 0 Å². The quantitative estimate of drug-likeness (QED) is 0.150. The van der Waals surface area contributed by atoms with Crippen molar-refractivity contribution in [2.75, 3.05) is 6.16 Å². The molecule has 0 fully saturated rings. The maximum Gasteiger partial charge on any atom is 0.115 e. The highest BCUT2D eigenvalue weighted by molar-refractivity contribution is 7.95. The predicted molar refractivity (Wildman–Crippen MR) is 176 cm³/mol. The van der Waals surface area contributed by atoms with Gasteiger partial charge >= 0.3 is 0 Å². The molecule has 4 rings (SSSR count). The minimum Gasteiger partial charge on any atom is -0.0620 e. The van der Waals surface area contributed by atoms with E-state index >= 15 is 0 Å². The summed E-state index contributed by atoms with van der Waals surface area (Å²) in [5.41, 5.74) is 7.88. The molecule has 0 aliphatic heterocycles. The third-order valence-electron chi connectivity index (χ3n) is 7.62. The van der Waals surface area contributed by atoms with E-state index in [1.807, 2.05) is 0 Å². The number of hydrogen-bond acceptors (Lipinski definition) is 0. The maximum atomic E-state index is 2.43. The summed E-state index contributed by atoms with van der Waals surface area (Å²) in [4.78, 5) is 0. The molecule has 0 aliphatic carbocycles. The molecule has 0 saturated heterocycles. The zero-order valence-electron chi connectivity index (χ0n) is 23.9. The fourth-order valence-corrected chi connectivity index (χ4v) is 9.08. The van der Waals surface area contributed by atoms with Crippen LogP contribution >= 0.6 is 7.26 Å². The van der Waals surface area contributed by atoms with Crippen molar-refractivity contribution < 1.29 is 0 Å². The van der Waals surface area contributed by atoms with Gasteiger partial charge in [-0.3, -0.25) is 0 Å². The van der Waals surface area contributed by atoms with Crippen LogP contribution in [0.3, 0.4) is 0 Å². The second-order valence-electron chi connectivity index (χ2n) is 10.3. The molecule has 0 N–H and O–H groups in total. The van der Waals surface area contributed by atoms with Crippen molar-refractivity contribution in [2.45, 2.75) is 34.6 Å². The zero-order chi connectivity index (χ0) is 27.7. The summed E-state index contributed by atoms with van der Waals surface area (Å²) in [6, 6.07) is 37.7. The molecule has 0 radical (unpaired) electrons. The first-order chi connectivity index (χ1) is 18.9. The molecule has 1 heteroatoms. The first-order valence-corrected chi connectivity index (χ1v) is 15.7. The van der Waals surface area contributed by atoms with Crippen molar-refractivity contribution in [3.63, 3.8) is 0 Å². The molecule has 0 nitrogen and oxygen atoms in total. The summed E-state index contributed by atoms with van der Waals surface area (Å²) in [5, 5.41) is 4.24. The number of hydrogen-bond donors (Lipinski definition) is 0. The van der Waals surface area contributed by atoms with Crippen LogP contribution in [-0.2, 0) is 0 Å². The SMILES string of the molecule is CC(C=Cc1ccc(C)c(C)c1C)=CC=CC(C)=CC[P+](c1ccccc1)(c1ccccc1)c1ccccc1. The minimum atomic E-state index is -1.85. The average molecular weight is 528 g/mol. The van der Waals surface area contributed by atoms with Gasteiger partial charge in [-0.15, -0.1) is 0 Å². The van der Waals surface area contributed by atoms with Crippen LogP contribution in [0, 0.1) is 20.8 Å². The van der Waals surface area contributed by atoms with Gasteiger partial charge < -0.3 is 0 Å². The first-order valence-electron chi connectivity index (χ1n) is 13.7. The smallest absolute Gasteiger partial charge is 0.0620 e. The molecule has 39 heavy (non-hydrogen) atoms. The summed E-state index contributed by atoms with van der Waals surface area (Å²) in [5.74, 6) is 0. The zero-order valence-corrected chi connectivity index (χ0v) is 24.8. The molecule has 0 unspecified atom stereocenters. The Morgan fingerprint density at radius 3 is 1.62 bits per heavy atom. The van der Waals surface area contributed by atoms with E-state index in [0.29, 0.717) is 0 Å². The van der Waals surface area contributed by atoms with Gasteiger partial charge in [-0.05, 0) is 99.3 Å². The molecule has 0 heterocycles. The standard InChI is InChI=1S/C38H40P/c1-30(24-26-35-27-25-32(3)33(4)34(35)5)16-15-17-31(2)28-29-39(36-18-9-6-10-19-36,37-20-11-7-12-21-37)38-22-13-8-14-23-38/h6-28H,29H2,1-5H3/q+1. The van der Waals surface area contributed by atoms with Gasteiger partial charge in [-0.25, -0.2) is 0 Å². The Hall–Kier alpha value is -3.73. The van der Waals surface area contributed by atoms with Crippen molar-refractivity contribution in [3.05, 3.63) is 167 Å². The lowest BCUT2D eigenvalue weighted by molar-refractivity contribution is 1.26. The van der Waals surface area contributed by atoms with Crippen LogP contribution in [-0.4, -0.2) is 6.16 Å². The van der Waals surface area contributed by atoms with Gasteiger partial charge in [0, 0.05) is 0 Å². The molecule has 0 spiro atoms. The molecule has 0 amide bonds. The number of benzene rings is 4. The molecule has 4 aromatic rings. The Kier molecular flexibility index (Phi) is 9.69. The fourth-order valence-electron chi connectivity index (χ4n) is 4.95. The Labute approximate surface area is 236 Å². The summed E-state index contributed by atoms with van der Waals surface area (Å²) in [6.45, 7) is 11.0. The molecule has 0 atom stereocenters. The van der Waals surface area contributed by atoms with E-state index in [9.17, 15) is 0 Å². The largest absolute Gasteiger partial charge is 0.115 e. The monoisotopic (exact) mass is 527 g/mol. The van der Waals surface area contributed by atoms with Gasteiger partial charge in [-0.2, -0.15) is 0 Å². The predicted octanol–water partition coefficient (Wildman–Crippen LogP) is 9.07. The van der Waals surface area contributed by atoms with Crippen molar-refractivity contribution in [1.29, 1.82) is 0 Å². The van der Waals surface area contributed by atoms with Crippen LogP contribution in [0.25, 0.3) is 6.08 Å². The number of allylic oxidation sites excluding steroid dienone is 7. The molecule has 0 aliphatic rings. The van der Waals surface area contributed by atoms with Crippen molar-refractivity contribution >= 4 is 29.3 Å². The van der Waals surface area contributed by atoms with Gasteiger partial charge in [0.05, 0.1) is 6.16 Å². The lowest BCUT2D eigenvalue weighted by Gasteiger charge is -2.26. The van der Waals surface area contributed by atoms with Gasteiger partial charge in [-0.1, -0.05) is 108 Å². The second-order valence-corrected chi connectivity index (χ2v) is 13.8. The van der Waals surface area contributed by atoms with Gasteiger partial charge in [0.1, 0.15) is 23.2 Å². The van der Waals surface area contributed by atoms with E-state index in [2.05, 4.69) is 174 Å². The van der Waals surface area contributed by atoms with Gasteiger partial charge in [0.2, 0.25) is 0 Å². The second kappa shape index (κ2) is 13.4. The Bertz CT molecular complexity index is 1390. The maximum absolute atomic E-state index is 2.43. The Morgan fingerprint density at radius 1 is 0.590 bits per heavy atom. The van der Waals surface area contributed by atoms with Gasteiger partial charge in [0.15, 0.2) is 0 Å². The average Bonchev–Trinajstić information content (AvgIpc) is 2.97. The van der Waals surface area contributed by atoms with Gasteiger partial charge in [0.25, 0.3) is 0 Å². The molecule has 0 aromatic heterocycles.